The highest BCUT2D eigenvalue weighted by atomic mass is 32.2. The van der Waals surface area contributed by atoms with Crippen LogP contribution in [0.15, 0.2) is 0 Å². The van der Waals surface area contributed by atoms with Crippen molar-refractivity contribution < 1.29 is 18.3 Å². The van der Waals surface area contributed by atoms with Gasteiger partial charge < -0.3 is 5.11 Å². The molecule has 14 heavy (non-hydrogen) atoms. The molecule has 0 spiro atoms. The predicted octanol–water partition coefficient (Wildman–Crippen LogP) is -0.481. The zero-order chi connectivity index (χ0) is 10.8. The summed E-state index contributed by atoms with van der Waals surface area (Å²) >= 11 is 0. The topological polar surface area (TPSA) is 101 Å². The highest BCUT2D eigenvalue weighted by molar-refractivity contribution is 7.86. The molecule has 0 aliphatic heterocycles. The van der Waals surface area contributed by atoms with Gasteiger partial charge in [-0.15, -0.1) is 0 Å². The summed E-state index contributed by atoms with van der Waals surface area (Å²) < 4.78 is 23.1. The Hall–Kier alpha value is -0.660. The van der Waals surface area contributed by atoms with Crippen molar-refractivity contribution >= 4 is 16.2 Å². The normalized spacial score (nSPS) is 19.0. The molecule has 0 aromatic rings. The van der Waals surface area contributed by atoms with Crippen molar-refractivity contribution in [3.63, 3.8) is 0 Å². The van der Waals surface area contributed by atoms with Crippen molar-refractivity contribution in [1.82, 2.24) is 4.31 Å². The third kappa shape index (κ3) is 2.93. The fraction of sp³-hybridized carbons (Fsp3) is 0.857. The fourth-order valence-corrected chi connectivity index (χ4v) is 2.67. The molecular formula is C7H14N2O4S. The lowest BCUT2D eigenvalue weighted by atomic mass is 10.2. The van der Waals surface area contributed by atoms with E-state index < -0.39 is 22.7 Å². The van der Waals surface area contributed by atoms with Gasteiger partial charge in [-0.2, -0.15) is 12.7 Å². The van der Waals surface area contributed by atoms with E-state index in [1.54, 1.807) is 0 Å². The minimum atomic E-state index is -3.89. The summed E-state index contributed by atoms with van der Waals surface area (Å²) in [6.45, 7) is -0.538. The first kappa shape index (κ1) is 11.4. The van der Waals surface area contributed by atoms with Gasteiger partial charge in [0.1, 0.15) is 6.54 Å². The number of hydrogen-bond acceptors (Lipinski definition) is 3. The second-order valence-corrected chi connectivity index (χ2v) is 4.92. The third-order valence-corrected chi connectivity index (χ3v) is 3.43. The minimum Gasteiger partial charge on any atom is -0.480 e. The molecule has 1 rings (SSSR count). The Morgan fingerprint density at radius 1 is 1.43 bits per heavy atom. The van der Waals surface area contributed by atoms with E-state index in [4.69, 9.17) is 10.2 Å². The van der Waals surface area contributed by atoms with Crippen LogP contribution >= 0.6 is 0 Å². The van der Waals surface area contributed by atoms with Crippen LogP contribution in [0.25, 0.3) is 0 Å². The average molecular weight is 222 g/mol. The Kier molecular flexibility index (Phi) is 3.46. The molecule has 7 heteroatoms. The molecule has 3 N–H and O–H groups in total. The maximum absolute atomic E-state index is 11.1. The highest BCUT2D eigenvalue weighted by Gasteiger charge is 2.31. The molecular weight excluding hydrogens is 208 g/mol. The molecule has 1 aliphatic rings. The van der Waals surface area contributed by atoms with Crippen LogP contribution in [-0.4, -0.2) is 36.4 Å². The van der Waals surface area contributed by atoms with Crippen molar-refractivity contribution in [1.29, 1.82) is 0 Å². The summed E-state index contributed by atoms with van der Waals surface area (Å²) in [6.07, 6.45) is 3.25. The first-order valence-electron chi connectivity index (χ1n) is 4.42. The second kappa shape index (κ2) is 4.24. The Balaban J connectivity index is 2.75. The number of aliphatic carboxylic acids is 1. The van der Waals surface area contributed by atoms with E-state index in [9.17, 15) is 13.2 Å². The average Bonchev–Trinajstić information content (AvgIpc) is 2.49. The van der Waals surface area contributed by atoms with E-state index in [0.29, 0.717) is 12.8 Å². The maximum Gasteiger partial charge on any atom is 0.318 e. The SMILES string of the molecule is NS(=O)(=O)N(CC(=O)O)C1CCCC1. The van der Waals surface area contributed by atoms with E-state index in [1.165, 1.54) is 0 Å². The zero-order valence-electron chi connectivity index (χ0n) is 7.72. The van der Waals surface area contributed by atoms with Gasteiger partial charge in [0.15, 0.2) is 0 Å². The Morgan fingerprint density at radius 3 is 2.29 bits per heavy atom. The van der Waals surface area contributed by atoms with Crippen molar-refractivity contribution in [3.8, 4) is 0 Å². The monoisotopic (exact) mass is 222 g/mol. The summed E-state index contributed by atoms with van der Waals surface area (Å²) in [7, 11) is -3.89. The van der Waals surface area contributed by atoms with Gasteiger partial charge in [0, 0.05) is 6.04 Å². The number of nitrogens with two attached hydrogens (primary N) is 1. The molecule has 0 saturated heterocycles. The first-order valence-corrected chi connectivity index (χ1v) is 5.93. The third-order valence-electron chi connectivity index (χ3n) is 2.35. The lowest BCUT2D eigenvalue weighted by Crippen LogP contribution is -2.45. The number of rotatable bonds is 4. The van der Waals surface area contributed by atoms with Crippen molar-refractivity contribution in [3.05, 3.63) is 0 Å². The molecule has 1 fully saturated rings. The van der Waals surface area contributed by atoms with Crippen LogP contribution in [0.1, 0.15) is 25.7 Å². The second-order valence-electron chi connectivity index (χ2n) is 3.42. The van der Waals surface area contributed by atoms with Crippen molar-refractivity contribution in [2.24, 2.45) is 5.14 Å². The lowest BCUT2D eigenvalue weighted by Gasteiger charge is -2.23. The van der Waals surface area contributed by atoms with Gasteiger partial charge in [-0.1, -0.05) is 12.8 Å². The predicted molar refractivity (Wildman–Crippen MR) is 49.7 cm³/mol. The van der Waals surface area contributed by atoms with Crippen LogP contribution in [0.2, 0.25) is 0 Å². The highest BCUT2D eigenvalue weighted by Crippen LogP contribution is 2.24. The van der Waals surface area contributed by atoms with Crippen LogP contribution in [0.4, 0.5) is 0 Å². The molecule has 0 heterocycles. The Bertz CT molecular complexity index is 308. The van der Waals surface area contributed by atoms with E-state index in [2.05, 4.69) is 0 Å². The Labute approximate surface area is 82.9 Å². The van der Waals surface area contributed by atoms with Crippen LogP contribution < -0.4 is 5.14 Å². The number of nitrogens with zero attached hydrogens (tertiary/aromatic N) is 1. The molecule has 0 aromatic carbocycles. The number of carboxylic acids is 1. The van der Waals surface area contributed by atoms with Crippen molar-refractivity contribution in [2.45, 2.75) is 31.7 Å². The van der Waals surface area contributed by atoms with Gasteiger partial charge in [-0.25, -0.2) is 5.14 Å². The summed E-state index contributed by atoms with van der Waals surface area (Å²) in [4.78, 5) is 10.5. The lowest BCUT2D eigenvalue weighted by molar-refractivity contribution is -0.137. The molecule has 0 unspecified atom stereocenters. The molecule has 0 radical (unpaired) electrons. The van der Waals surface area contributed by atoms with Crippen LogP contribution in [0.3, 0.4) is 0 Å². The van der Waals surface area contributed by atoms with Gasteiger partial charge >= 0.3 is 5.97 Å². The summed E-state index contributed by atoms with van der Waals surface area (Å²) in [5.74, 6) is -1.18. The van der Waals surface area contributed by atoms with Crippen LogP contribution in [0.5, 0.6) is 0 Å². The fourth-order valence-electron chi connectivity index (χ4n) is 1.75. The number of carboxylic acid groups (broad SMARTS) is 1. The molecule has 82 valence electrons. The molecule has 1 aliphatic carbocycles. The molecule has 0 amide bonds. The van der Waals surface area contributed by atoms with Gasteiger partial charge in [0.2, 0.25) is 0 Å². The van der Waals surface area contributed by atoms with Gasteiger partial charge in [-0.3, -0.25) is 4.79 Å². The molecule has 0 atom stereocenters. The quantitative estimate of drug-likeness (QED) is 0.670. The molecule has 1 saturated carbocycles. The molecule has 0 bridgehead atoms. The van der Waals surface area contributed by atoms with E-state index in [-0.39, 0.29) is 6.04 Å². The largest absolute Gasteiger partial charge is 0.480 e. The Morgan fingerprint density at radius 2 is 1.93 bits per heavy atom. The summed E-state index contributed by atoms with van der Waals surface area (Å²) in [5, 5.41) is 13.5. The van der Waals surface area contributed by atoms with E-state index in [0.717, 1.165) is 17.1 Å². The number of hydrogen-bond donors (Lipinski definition) is 2. The van der Waals surface area contributed by atoms with Gasteiger partial charge in [0.05, 0.1) is 0 Å². The van der Waals surface area contributed by atoms with E-state index in [1.807, 2.05) is 0 Å². The standard InChI is InChI=1S/C7H14N2O4S/c8-14(12,13)9(5-7(10)11)6-3-1-2-4-6/h6H,1-5H2,(H,10,11)(H2,8,12,13). The maximum atomic E-state index is 11.1. The van der Waals surface area contributed by atoms with Crippen LogP contribution in [0, 0.1) is 0 Å². The van der Waals surface area contributed by atoms with Gasteiger partial charge in [0.25, 0.3) is 10.2 Å². The molecule has 6 nitrogen and oxygen atoms in total. The van der Waals surface area contributed by atoms with E-state index >= 15 is 0 Å². The summed E-state index contributed by atoms with van der Waals surface area (Å²) in [5.41, 5.74) is 0. The first-order chi connectivity index (χ1) is 6.41. The summed E-state index contributed by atoms with van der Waals surface area (Å²) in [6, 6.07) is -0.235. The number of carbonyl (C=O) groups is 1. The molecule has 0 aromatic heterocycles. The van der Waals surface area contributed by atoms with Gasteiger partial charge in [-0.05, 0) is 12.8 Å². The zero-order valence-corrected chi connectivity index (χ0v) is 8.53. The van der Waals surface area contributed by atoms with Crippen molar-refractivity contribution in [2.75, 3.05) is 6.54 Å². The smallest absolute Gasteiger partial charge is 0.318 e. The minimum absolute atomic E-state index is 0.235. The van der Waals surface area contributed by atoms with Crippen LogP contribution in [-0.2, 0) is 15.0 Å².